The maximum atomic E-state index is 13.8. The molecular formula is C21H23ClFN3O2. The third kappa shape index (κ3) is 5.30. The van der Waals surface area contributed by atoms with Gasteiger partial charge in [0, 0.05) is 17.8 Å². The van der Waals surface area contributed by atoms with E-state index in [1.165, 1.54) is 11.8 Å². The fourth-order valence-electron chi connectivity index (χ4n) is 3.28. The van der Waals surface area contributed by atoms with Gasteiger partial charge in [0.05, 0.1) is 12.1 Å². The van der Waals surface area contributed by atoms with E-state index in [2.05, 4.69) is 20.4 Å². The number of hydrogen-bond donors (Lipinski definition) is 2. The molecule has 2 N–H and O–H groups in total. The van der Waals surface area contributed by atoms with Crippen molar-refractivity contribution in [3.05, 3.63) is 64.6 Å². The molecule has 0 saturated carbocycles. The van der Waals surface area contributed by atoms with E-state index < -0.39 is 11.8 Å². The van der Waals surface area contributed by atoms with Crippen molar-refractivity contribution in [2.45, 2.75) is 25.3 Å². The zero-order chi connectivity index (χ0) is 20.0. The fraction of sp³-hybridized carbons (Fsp3) is 0.333. The van der Waals surface area contributed by atoms with Crippen LogP contribution in [0.5, 0.6) is 0 Å². The Morgan fingerprint density at radius 3 is 2.75 bits per heavy atom. The first kappa shape index (κ1) is 20.3. The molecule has 148 valence electrons. The number of aromatic nitrogens is 1. The van der Waals surface area contributed by atoms with Crippen LogP contribution in [0.2, 0.25) is 5.02 Å². The minimum atomic E-state index is -0.969. The third-order valence-electron chi connectivity index (χ3n) is 4.64. The normalized spacial score (nSPS) is 19.5. The number of carbonyl (C=O) groups is 1. The van der Waals surface area contributed by atoms with Gasteiger partial charge in [0.25, 0.3) is 0 Å². The number of anilines is 1. The molecule has 0 radical (unpaired) electrons. The first-order valence-corrected chi connectivity index (χ1v) is 9.61. The number of rotatable bonds is 7. The van der Waals surface area contributed by atoms with E-state index in [0.717, 1.165) is 37.0 Å². The largest absolute Gasteiger partial charge is 0.461 e. The number of esters is 1. The van der Waals surface area contributed by atoms with Crippen LogP contribution in [-0.2, 0) is 16.0 Å². The highest BCUT2D eigenvalue weighted by atomic mass is 35.5. The maximum absolute atomic E-state index is 13.8. The predicted molar refractivity (Wildman–Crippen MR) is 109 cm³/mol. The summed E-state index contributed by atoms with van der Waals surface area (Å²) in [6.07, 6.45) is 4.43. The Balaban J connectivity index is 1.71. The quantitative estimate of drug-likeness (QED) is 0.540. The van der Waals surface area contributed by atoms with Crippen molar-refractivity contribution in [3.63, 3.8) is 0 Å². The molecule has 28 heavy (non-hydrogen) atoms. The summed E-state index contributed by atoms with van der Waals surface area (Å²) in [6, 6.07) is 11.3. The molecule has 1 aromatic heterocycles. The summed E-state index contributed by atoms with van der Waals surface area (Å²) >= 11 is 5.98. The van der Waals surface area contributed by atoms with Gasteiger partial charge in [0.1, 0.15) is 5.82 Å². The highest BCUT2D eigenvalue weighted by molar-refractivity contribution is 6.30. The number of nitrogens with zero attached hydrogens (tertiary/aromatic N) is 1. The number of nitrogens with one attached hydrogen (secondary N) is 2. The SMILES string of the molecule is CCOC(=O)C(F)=Cc1ccc(N[C@]2(Cc3ccc(Cl)cc3)CCNC2)nc1. The molecule has 3 rings (SSSR count). The van der Waals surface area contributed by atoms with Gasteiger partial charge in [-0.15, -0.1) is 0 Å². The van der Waals surface area contributed by atoms with Crippen LogP contribution in [0.15, 0.2) is 48.4 Å². The Morgan fingerprint density at radius 1 is 1.36 bits per heavy atom. The molecule has 0 spiro atoms. The van der Waals surface area contributed by atoms with Crippen molar-refractivity contribution in [2.24, 2.45) is 0 Å². The van der Waals surface area contributed by atoms with Crippen LogP contribution in [0.3, 0.4) is 0 Å². The Hall–Kier alpha value is -2.44. The Morgan fingerprint density at radius 2 is 2.14 bits per heavy atom. The molecule has 1 atom stereocenters. The first-order chi connectivity index (χ1) is 13.5. The number of halogens is 2. The summed E-state index contributed by atoms with van der Waals surface area (Å²) in [4.78, 5) is 15.7. The highest BCUT2D eigenvalue weighted by Gasteiger charge is 2.34. The van der Waals surface area contributed by atoms with Crippen LogP contribution in [0, 0.1) is 0 Å². The molecule has 5 nitrogen and oxygen atoms in total. The molecule has 1 aromatic carbocycles. The molecule has 0 unspecified atom stereocenters. The zero-order valence-electron chi connectivity index (χ0n) is 15.7. The highest BCUT2D eigenvalue weighted by Crippen LogP contribution is 2.26. The van der Waals surface area contributed by atoms with E-state index in [1.54, 1.807) is 19.1 Å². The van der Waals surface area contributed by atoms with Crippen molar-refractivity contribution in [2.75, 3.05) is 25.0 Å². The minimum absolute atomic E-state index is 0.130. The van der Waals surface area contributed by atoms with Crippen LogP contribution in [0.1, 0.15) is 24.5 Å². The number of hydrogen-bond acceptors (Lipinski definition) is 5. The van der Waals surface area contributed by atoms with Crippen LogP contribution < -0.4 is 10.6 Å². The molecule has 1 saturated heterocycles. The van der Waals surface area contributed by atoms with Gasteiger partial charge in [0.15, 0.2) is 0 Å². The number of ether oxygens (including phenoxy) is 1. The first-order valence-electron chi connectivity index (χ1n) is 9.23. The molecule has 1 aliphatic heterocycles. The monoisotopic (exact) mass is 403 g/mol. The van der Waals surface area contributed by atoms with E-state index in [4.69, 9.17) is 11.6 Å². The maximum Gasteiger partial charge on any atom is 0.367 e. The van der Waals surface area contributed by atoms with Gasteiger partial charge in [-0.2, -0.15) is 4.39 Å². The van der Waals surface area contributed by atoms with Gasteiger partial charge in [-0.05, 0) is 67.8 Å². The van der Waals surface area contributed by atoms with Gasteiger partial charge in [-0.1, -0.05) is 23.7 Å². The Bertz CT molecular complexity index is 832. The number of carbonyl (C=O) groups excluding carboxylic acids is 1. The second-order valence-corrected chi connectivity index (χ2v) is 7.26. The topological polar surface area (TPSA) is 63.2 Å². The van der Waals surface area contributed by atoms with Crippen molar-refractivity contribution < 1.29 is 13.9 Å². The predicted octanol–water partition coefficient (Wildman–Crippen LogP) is 4.00. The molecule has 2 aromatic rings. The minimum Gasteiger partial charge on any atom is -0.461 e. The molecule has 7 heteroatoms. The molecule has 0 aliphatic carbocycles. The van der Waals surface area contributed by atoms with Crippen molar-refractivity contribution in [1.29, 1.82) is 0 Å². The lowest BCUT2D eigenvalue weighted by Crippen LogP contribution is -2.43. The average Bonchev–Trinajstić information content (AvgIpc) is 3.13. The van der Waals surface area contributed by atoms with Gasteiger partial charge < -0.3 is 15.4 Å². The number of benzene rings is 1. The molecule has 1 aliphatic rings. The lowest BCUT2D eigenvalue weighted by Gasteiger charge is -2.30. The van der Waals surface area contributed by atoms with Gasteiger partial charge >= 0.3 is 5.97 Å². The Labute approximate surface area is 169 Å². The zero-order valence-corrected chi connectivity index (χ0v) is 16.4. The van der Waals surface area contributed by atoms with Crippen LogP contribution in [0.25, 0.3) is 6.08 Å². The van der Waals surface area contributed by atoms with E-state index in [9.17, 15) is 9.18 Å². The van der Waals surface area contributed by atoms with E-state index >= 15 is 0 Å². The van der Waals surface area contributed by atoms with Gasteiger partial charge in [0.2, 0.25) is 5.83 Å². The van der Waals surface area contributed by atoms with E-state index in [0.29, 0.717) is 11.4 Å². The van der Waals surface area contributed by atoms with E-state index in [-0.39, 0.29) is 12.1 Å². The van der Waals surface area contributed by atoms with Crippen LogP contribution in [0.4, 0.5) is 10.2 Å². The third-order valence-corrected chi connectivity index (χ3v) is 4.89. The summed E-state index contributed by atoms with van der Waals surface area (Å²) < 4.78 is 18.4. The average molecular weight is 404 g/mol. The van der Waals surface area contributed by atoms with Gasteiger partial charge in [-0.25, -0.2) is 9.78 Å². The van der Waals surface area contributed by atoms with Crippen molar-refractivity contribution in [1.82, 2.24) is 10.3 Å². The van der Waals surface area contributed by atoms with Crippen molar-refractivity contribution >= 4 is 29.5 Å². The van der Waals surface area contributed by atoms with Crippen LogP contribution in [-0.4, -0.2) is 36.2 Å². The summed E-state index contributed by atoms with van der Waals surface area (Å²) in [5.41, 5.74) is 1.53. The molecule has 2 heterocycles. The second kappa shape index (κ2) is 9.17. The number of pyridine rings is 1. The molecule has 0 bridgehead atoms. The summed E-state index contributed by atoms with van der Waals surface area (Å²) in [5, 5.41) is 7.65. The fourth-order valence-corrected chi connectivity index (χ4v) is 3.41. The van der Waals surface area contributed by atoms with Crippen LogP contribution >= 0.6 is 11.6 Å². The molecule has 0 amide bonds. The lowest BCUT2D eigenvalue weighted by molar-refractivity contribution is -0.140. The summed E-state index contributed by atoms with van der Waals surface area (Å²) in [6.45, 7) is 3.50. The Kier molecular flexibility index (Phi) is 6.65. The van der Waals surface area contributed by atoms with E-state index in [1.807, 2.05) is 24.3 Å². The second-order valence-electron chi connectivity index (χ2n) is 6.82. The molecule has 1 fully saturated rings. The van der Waals surface area contributed by atoms with Gasteiger partial charge in [-0.3, -0.25) is 0 Å². The lowest BCUT2D eigenvalue weighted by atomic mass is 9.89. The van der Waals surface area contributed by atoms with Crippen molar-refractivity contribution in [3.8, 4) is 0 Å². The standard InChI is InChI=1S/C21H23ClFN3O2/c1-2-28-20(27)18(23)11-16-5-8-19(25-13-16)26-21(9-10-24-14-21)12-15-3-6-17(22)7-4-15/h3-8,11,13,24H,2,9-10,12,14H2,1H3,(H,25,26)/t21-/m0/s1. The summed E-state index contributed by atoms with van der Waals surface area (Å²) in [7, 11) is 0. The summed E-state index contributed by atoms with van der Waals surface area (Å²) in [5.74, 6) is -1.21. The smallest absolute Gasteiger partial charge is 0.367 e. The molecular weight excluding hydrogens is 381 g/mol.